The molecule has 204 valence electrons. The van der Waals surface area contributed by atoms with Gasteiger partial charge in [-0.15, -0.1) is 0 Å². The number of likely N-dealkylation sites (N-methyl/N-ethyl adjacent to an activating group) is 1. The number of hydrogen-bond donors (Lipinski definition) is 1. The number of aryl methyl sites for hydroxylation is 2. The number of fused-ring (bicyclic) bond motifs is 3. The lowest BCUT2D eigenvalue weighted by Crippen LogP contribution is -2.53. The smallest absolute Gasteiger partial charge is 0.275 e. The molecule has 1 N–H and O–H groups in total. The Morgan fingerprint density at radius 2 is 1.84 bits per heavy atom. The largest absolute Gasteiger partial charge is 0.446 e. The van der Waals surface area contributed by atoms with Gasteiger partial charge in [0.15, 0.2) is 11.6 Å². The topological polar surface area (TPSA) is 84.1 Å². The van der Waals surface area contributed by atoms with Crippen LogP contribution in [0, 0.1) is 26.6 Å². The Morgan fingerprint density at radius 3 is 2.45 bits per heavy atom. The van der Waals surface area contributed by atoms with Gasteiger partial charge in [-0.05, 0) is 72.2 Å². The molecule has 3 aliphatic heterocycles. The molecule has 38 heavy (non-hydrogen) atoms. The molecule has 0 radical (unpaired) electrons. The van der Waals surface area contributed by atoms with Crippen LogP contribution in [0.3, 0.4) is 0 Å². The molecule has 1 saturated heterocycles. The highest BCUT2D eigenvalue weighted by Gasteiger charge is 2.57. The highest BCUT2D eigenvalue weighted by molar-refractivity contribution is 6.00. The molecular formula is C29H36FN3O5. The Balaban J connectivity index is 1.35. The predicted molar refractivity (Wildman–Crippen MR) is 139 cm³/mol. The summed E-state index contributed by atoms with van der Waals surface area (Å²) in [6, 6.07) is 2.22. The van der Waals surface area contributed by atoms with Gasteiger partial charge in [0, 0.05) is 47.3 Å². The first-order valence-corrected chi connectivity index (χ1v) is 13.5. The molecule has 4 heterocycles. The van der Waals surface area contributed by atoms with Gasteiger partial charge in [-0.2, -0.15) is 0 Å². The molecule has 1 spiro atoms. The van der Waals surface area contributed by atoms with Gasteiger partial charge in [0.1, 0.15) is 6.10 Å². The highest BCUT2D eigenvalue weighted by atomic mass is 19.1. The lowest BCUT2D eigenvalue weighted by Gasteiger charge is -2.38. The Kier molecular flexibility index (Phi) is 5.71. The van der Waals surface area contributed by atoms with Crippen LogP contribution in [-0.4, -0.2) is 65.9 Å². The van der Waals surface area contributed by atoms with Crippen LogP contribution in [0.15, 0.2) is 10.9 Å². The average molecular weight is 526 g/mol. The number of aromatic nitrogens is 1. The van der Waals surface area contributed by atoms with E-state index in [2.05, 4.69) is 9.88 Å². The average Bonchev–Trinajstić information content (AvgIpc) is 3.53. The van der Waals surface area contributed by atoms with Crippen molar-refractivity contribution in [3.05, 3.63) is 55.7 Å². The summed E-state index contributed by atoms with van der Waals surface area (Å²) in [5, 5.41) is 0. The Hall–Kier alpha value is -2.91. The Labute approximate surface area is 222 Å². The van der Waals surface area contributed by atoms with Crippen LogP contribution in [0.4, 0.5) is 4.39 Å². The van der Waals surface area contributed by atoms with Gasteiger partial charge in [-0.3, -0.25) is 9.59 Å². The molecule has 0 bridgehead atoms. The second-order valence-electron chi connectivity index (χ2n) is 12.0. The van der Waals surface area contributed by atoms with E-state index in [-0.39, 0.29) is 35.6 Å². The molecule has 4 aliphatic rings. The van der Waals surface area contributed by atoms with Crippen molar-refractivity contribution in [3.63, 3.8) is 0 Å². The van der Waals surface area contributed by atoms with Crippen molar-refractivity contribution in [1.82, 2.24) is 14.8 Å². The zero-order valence-corrected chi connectivity index (χ0v) is 23.0. The number of rotatable bonds is 4. The van der Waals surface area contributed by atoms with E-state index in [0.717, 1.165) is 36.9 Å². The number of hydrogen-bond acceptors (Lipinski definition) is 6. The van der Waals surface area contributed by atoms with Crippen LogP contribution in [0.1, 0.15) is 70.9 Å². The molecule has 1 saturated carbocycles. The molecule has 9 heteroatoms. The van der Waals surface area contributed by atoms with Gasteiger partial charge in [-0.25, -0.2) is 4.39 Å². The molecule has 1 aromatic heterocycles. The molecule has 1 aromatic carbocycles. The monoisotopic (exact) mass is 525 g/mol. The van der Waals surface area contributed by atoms with Crippen molar-refractivity contribution < 1.29 is 23.4 Å². The first-order valence-electron chi connectivity index (χ1n) is 13.5. The fourth-order valence-electron chi connectivity index (χ4n) is 6.52. The normalized spacial score (nSPS) is 27.3. The van der Waals surface area contributed by atoms with Crippen molar-refractivity contribution in [2.75, 3.05) is 27.2 Å². The van der Waals surface area contributed by atoms with E-state index in [1.165, 1.54) is 0 Å². The standard InChI is InChI=1S/C29H36FN3O5/c1-15-11-16(2)31-26(34)19(15)12-33-14-29(9-10-29)22-21(27(33)35)17(3)24-25(23(22)30)38-28(4,37-24)20-8-7-18(13-36-20)32(5)6/h11,18,20H,7-10,12-14H2,1-6H3,(H,31,34)/t18-,20+,28+/m0/s1. The highest BCUT2D eigenvalue weighted by Crippen LogP contribution is 2.59. The first-order chi connectivity index (χ1) is 17.9. The molecule has 2 aromatic rings. The van der Waals surface area contributed by atoms with Crippen LogP contribution in [0.25, 0.3) is 0 Å². The van der Waals surface area contributed by atoms with Gasteiger partial charge >= 0.3 is 0 Å². The minimum atomic E-state index is -1.18. The molecule has 3 atom stereocenters. The number of aromatic amines is 1. The number of benzene rings is 1. The summed E-state index contributed by atoms with van der Waals surface area (Å²) < 4.78 is 35.0. The number of amides is 1. The summed E-state index contributed by atoms with van der Waals surface area (Å²) in [7, 11) is 4.06. The second-order valence-corrected chi connectivity index (χ2v) is 12.0. The minimum absolute atomic E-state index is 0.0837. The molecule has 8 nitrogen and oxygen atoms in total. The Bertz CT molecular complexity index is 1390. The van der Waals surface area contributed by atoms with E-state index in [1.807, 2.05) is 34.0 Å². The van der Waals surface area contributed by atoms with Crippen LogP contribution in [0.5, 0.6) is 11.5 Å². The number of nitrogens with one attached hydrogen (secondary N) is 1. The van der Waals surface area contributed by atoms with E-state index in [4.69, 9.17) is 14.2 Å². The molecule has 1 aliphatic carbocycles. The quantitative estimate of drug-likeness (QED) is 0.655. The van der Waals surface area contributed by atoms with E-state index < -0.39 is 17.0 Å². The maximum Gasteiger partial charge on any atom is 0.275 e. The van der Waals surface area contributed by atoms with Crippen LogP contribution < -0.4 is 15.0 Å². The maximum atomic E-state index is 16.3. The van der Waals surface area contributed by atoms with Crippen molar-refractivity contribution in [2.24, 2.45) is 0 Å². The third kappa shape index (κ3) is 3.77. The van der Waals surface area contributed by atoms with Crippen molar-refractivity contribution in [3.8, 4) is 11.5 Å². The van der Waals surface area contributed by atoms with Gasteiger partial charge in [-0.1, -0.05) is 0 Å². The number of halogens is 1. The second kappa shape index (κ2) is 8.55. The van der Waals surface area contributed by atoms with E-state index in [1.54, 1.807) is 18.7 Å². The summed E-state index contributed by atoms with van der Waals surface area (Å²) in [5.41, 5.74) is 2.87. The van der Waals surface area contributed by atoms with E-state index >= 15 is 4.39 Å². The number of carbonyl (C=O) groups is 1. The van der Waals surface area contributed by atoms with Crippen molar-refractivity contribution in [2.45, 2.75) is 83.3 Å². The summed E-state index contributed by atoms with van der Waals surface area (Å²) in [6.07, 6.45) is 2.83. The summed E-state index contributed by atoms with van der Waals surface area (Å²) in [6.45, 7) is 8.40. The van der Waals surface area contributed by atoms with Crippen LogP contribution in [0.2, 0.25) is 0 Å². The molecule has 2 fully saturated rings. The SMILES string of the molecule is Cc1cc(C)c(CN2CC3(CC3)c3c(F)c4c(c(C)c3C2=O)O[C@@](C)([C@H]2CC[C@H](N(C)C)CO2)O4)c(=O)[nH]1. The lowest BCUT2D eigenvalue weighted by atomic mass is 9.83. The number of H-pyrrole nitrogens is 1. The van der Waals surface area contributed by atoms with Gasteiger partial charge < -0.3 is 29.0 Å². The molecule has 1 amide bonds. The molecule has 0 unspecified atom stereocenters. The number of ether oxygens (including phenoxy) is 3. The van der Waals surface area contributed by atoms with Crippen LogP contribution in [-0.2, 0) is 16.7 Å². The molecular weight excluding hydrogens is 489 g/mol. The van der Waals surface area contributed by atoms with Gasteiger partial charge in [0.25, 0.3) is 17.3 Å². The fraction of sp³-hybridized carbons (Fsp3) is 0.586. The third-order valence-corrected chi connectivity index (χ3v) is 8.99. The van der Waals surface area contributed by atoms with Gasteiger partial charge in [0.2, 0.25) is 5.75 Å². The maximum absolute atomic E-state index is 16.3. The summed E-state index contributed by atoms with van der Waals surface area (Å²) >= 11 is 0. The molecule has 6 rings (SSSR count). The summed E-state index contributed by atoms with van der Waals surface area (Å²) in [4.78, 5) is 33.3. The number of carbonyl (C=O) groups excluding carboxylic acids is 1. The third-order valence-electron chi connectivity index (χ3n) is 8.99. The lowest BCUT2D eigenvalue weighted by molar-refractivity contribution is -0.191. The zero-order chi connectivity index (χ0) is 27.1. The zero-order valence-electron chi connectivity index (χ0n) is 23.0. The van der Waals surface area contributed by atoms with Crippen molar-refractivity contribution in [1.29, 1.82) is 0 Å². The van der Waals surface area contributed by atoms with Gasteiger partial charge in [0.05, 0.1) is 18.7 Å². The van der Waals surface area contributed by atoms with Crippen molar-refractivity contribution >= 4 is 5.91 Å². The number of pyridine rings is 1. The fourth-order valence-corrected chi connectivity index (χ4v) is 6.52. The first kappa shape index (κ1) is 25.4. The minimum Gasteiger partial charge on any atom is -0.446 e. The van der Waals surface area contributed by atoms with E-state index in [9.17, 15) is 9.59 Å². The van der Waals surface area contributed by atoms with E-state index in [0.29, 0.717) is 41.4 Å². The number of nitrogens with zero attached hydrogens (tertiary/aromatic N) is 2. The summed E-state index contributed by atoms with van der Waals surface area (Å²) in [5.74, 6) is -1.60. The van der Waals surface area contributed by atoms with Crippen LogP contribution >= 0.6 is 0 Å². The predicted octanol–water partition coefficient (Wildman–Crippen LogP) is 3.72. The Morgan fingerprint density at radius 1 is 1.13 bits per heavy atom.